The first-order chi connectivity index (χ1) is 9.90. The van der Waals surface area contributed by atoms with E-state index in [0.29, 0.717) is 11.0 Å². The molecule has 0 fully saturated rings. The lowest BCUT2D eigenvalue weighted by Gasteiger charge is -2.09. The Hall–Kier alpha value is -1.78. The smallest absolute Gasteiger partial charge is 0.335 e. The number of nitrogens with zero attached hydrogens (tertiary/aromatic N) is 3. The van der Waals surface area contributed by atoms with E-state index >= 15 is 0 Å². The largest absolute Gasteiger partial charge is 0.478 e. The van der Waals surface area contributed by atoms with Crippen molar-refractivity contribution in [1.82, 2.24) is 19.7 Å². The summed E-state index contributed by atoms with van der Waals surface area (Å²) in [4.78, 5) is 10.8. The van der Waals surface area contributed by atoms with Gasteiger partial charge in [0.2, 0.25) is 10.0 Å². The maximum Gasteiger partial charge on any atom is 0.335 e. The summed E-state index contributed by atoms with van der Waals surface area (Å²) < 4.78 is 28.5. The van der Waals surface area contributed by atoms with Crippen LogP contribution >= 0.6 is 15.9 Å². The lowest BCUT2D eigenvalue weighted by molar-refractivity contribution is 0.0696. The molecular formula is C11H11BrN4O4S. The number of sulfonamides is 1. The van der Waals surface area contributed by atoms with E-state index in [-0.39, 0.29) is 17.0 Å². The highest BCUT2D eigenvalue weighted by Gasteiger charge is 2.19. The van der Waals surface area contributed by atoms with Gasteiger partial charge in [-0.05, 0) is 34.1 Å². The Balaban J connectivity index is 2.15. The predicted molar refractivity (Wildman–Crippen MR) is 76.3 cm³/mol. The fourth-order valence-electron chi connectivity index (χ4n) is 1.57. The molecule has 2 rings (SSSR count). The van der Waals surface area contributed by atoms with Crippen LogP contribution in [0.1, 0.15) is 10.4 Å². The molecule has 112 valence electrons. The zero-order valence-corrected chi connectivity index (χ0v) is 13.0. The lowest BCUT2D eigenvalue weighted by atomic mass is 10.2. The number of carboxylic acid groups (broad SMARTS) is 1. The van der Waals surface area contributed by atoms with Gasteiger partial charge in [0.1, 0.15) is 0 Å². The van der Waals surface area contributed by atoms with Crippen LogP contribution in [0.25, 0.3) is 0 Å². The van der Waals surface area contributed by atoms with Crippen molar-refractivity contribution >= 4 is 31.9 Å². The van der Waals surface area contributed by atoms with Crippen molar-refractivity contribution in [2.24, 2.45) is 0 Å². The molecule has 8 nitrogen and oxygen atoms in total. The van der Waals surface area contributed by atoms with E-state index in [1.165, 1.54) is 23.0 Å². The quantitative estimate of drug-likeness (QED) is 0.769. The Labute approximate surface area is 129 Å². The third-order valence-electron chi connectivity index (χ3n) is 2.57. The number of aromatic carboxylic acids is 1. The third-order valence-corrected chi connectivity index (χ3v) is 5.03. The molecule has 21 heavy (non-hydrogen) atoms. The maximum atomic E-state index is 12.2. The van der Waals surface area contributed by atoms with Gasteiger partial charge in [0, 0.05) is 17.2 Å². The van der Waals surface area contributed by atoms with Crippen LogP contribution in [0.3, 0.4) is 0 Å². The van der Waals surface area contributed by atoms with E-state index in [9.17, 15) is 13.2 Å². The van der Waals surface area contributed by atoms with Crippen LogP contribution < -0.4 is 4.72 Å². The summed E-state index contributed by atoms with van der Waals surface area (Å²) in [6, 6.07) is 3.81. The fraction of sp³-hybridized carbons (Fsp3) is 0.182. The third kappa shape index (κ3) is 3.86. The van der Waals surface area contributed by atoms with E-state index in [4.69, 9.17) is 5.11 Å². The van der Waals surface area contributed by atoms with Gasteiger partial charge in [0.25, 0.3) is 0 Å². The van der Waals surface area contributed by atoms with Gasteiger partial charge in [-0.3, -0.25) is 4.68 Å². The summed E-state index contributed by atoms with van der Waals surface area (Å²) in [6.07, 6.45) is 3.09. The summed E-state index contributed by atoms with van der Waals surface area (Å²) in [5.41, 5.74) is -0.102. The topological polar surface area (TPSA) is 114 Å². The molecule has 0 spiro atoms. The van der Waals surface area contributed by atoms with Gasteiger partial charge in [0.05, 0.1) is 23.2 Å². The molecule has 0 aliphatic heterocycles. The van der Waals surface area contributed by atoms with Gasteiger partial charge < -0.3 is 5.11 Å². The molecule has 2 aromatic rings. The number of nitrogens with one attached hydrogen (secondary N) is 1. The molecule has 10 heteroatoms. The normalized spacial score (nSPS) is 11.5. The van der Waals surface area contributed by atoms with E-state index < -0.39 is 16.0 Å². The van der Waals surface area contributed by atoms with Crippen molar-refractivity contribution in [2.45, 2.75) is 11.4 Å². The van der Waals surface area contributed by atoms with E-state index in [0.717, 1.165) is 6.07 Å². The fourth-order valence-corrected chi connectivity index (χ4v) is 3.57. The molecule has 0 bridgehead atoms. The van der Waals surface area contributed by atoms with Crippen molar-refractivity contribution in [1.29, 1.82) is 0 Å². The molecule has 0 aliphatic carbocycles. The highest BCUT2D eigenvalue weighted by atomic mass is 79.9. The van der Waals surface area contributed by atoms with Gasteiger partial charge in [-0.2, -0.15) is 0 Å². The second kappa shape index (κ2) is 6.33. The number of hydrogen-bond donors (Lipinski definition) is 2. The summed E-state index contributed by atoms with van der Waals surface area (Å²) in [5.74, 6) is -1.19. The van der Waals surface area contributed by atoms with Crippen LogP contribution in [-0.2, 0) is 16.6 Å². The highest BCUT2D eigenvalue weighted by molar-refractivity contribution is 9.10. The standard InChI is InChI=1S/C11H11BrN4O4S/c12-9-2-1-8(11(17)18)7-10(9)21(19,20)14-4-6-16-5-3-13-15-16/h1-3,5,7,14H,4,6H2,(H,17,18). The molecule has 0 aliphatic rings. The number of rotatable bonds is 6. The Bertz CT molecular complexity index is 746. The van der Waals surface area contributed by atoms with Crippen LogP contribution in [0, 0.1) is 0 Å². The number of halogens is 1. The van der Waals surface area contributed by atoms with Gasteiger partial charge in [-0.25, -0.2) is 17.9 Å². The van der Waals surface area contributed by atoms with E-state index in [1.807, 2.05) is 0 Å². The first-order valence-corrected chi connectivity index (χ1v) is 8.04. The predicted octanol–water partition coefficient (Wildman–Crippen LogP) is 0.717. The van der Waals surface area contributed by atoms with Gasteiger partial charge >= 0.3 is 5.97 Å². The SMILES string of the molecule is O=C(O)c1ccc(Br)c(S(=O)(=O)NCCn2ccnn2)c1. The van der Waals surface area contributed by atoms with Crippen LogP contribution in [0.5, 0.6) is 0 Å². The minimum atomic E-state index is -3.82. The minimum Gasteiger partial charge on any atom is -0.478 e. The number of carboxylic acids is 1. The Kier molecular flexibility index (Phi) is 4.70. The second-order valence-corrected chi connectivity index (χ2v) is 6.60. The Morgan fingerprint density at radius 3 is 2.81 bits per heavy atom. The zero-order chi connectivity index (χ0) is 15.5. The molecule has 0 saturated heterocycles. The molecule has 0 unspecified atom stereocenters. The monoisotopic (exact) mass is 374 g/mol. The molecular weight excluding hydrogens is 364 g/mol. The molecule has 0 radical (unpaired) electrons. The first-order valence-electron chi connectivity index (χ1n) is 5.77. The highest BCUT2D eigenvalue weighted by Crippen LogP contribution is 2.23. The molecule has 1 aromatic heterocycles. The van der Waals surface area contributed by atoms with Gasteiger partial charge in [-0.1, -0.05) is 5.21 Å². The van der Waals surface area contributed by atoms with Gasteiger partial charge in [0.15, 0.2) is 0 Å². The average molecular weight is 375 g/mol. The number of aromatic nitrogens is 3. The van der Waals surface area contributed by atoms with Gasteiger partial charge in [-0.15, -0.1) is 5.10 Å². The minimum absolute atomic E-state index is 0.102. The van der Waals surface area contributed by atoms with Crippen molar-refractivity contribution in [3.8, 4) is 0 Å². The number of hydrogen-bond acceptors (Lipinski definition) is 5. The second-order valence-electron chi connectivity index (χ2n) is 4.01. The zero-order valence-electron chi connectivity index (χ0n) is 10.6. The molecule has 1 aromatic carbocycles. The molecule has 0 atom stereocenters. The van der Waals surface area contributed by atoms with Crippen molar-refractivity contribution in [2.75, 3.05) is 6.54 Å². The summed E-state index contributed by atoms with van der Waals surface area (Å²) in [6.45, 7) is 0.422. The Morgan fingerprint density at radius 2 is 2.19 bits per heavy atom. The number of benzene rings is 1. The average Bonchev–Trinajstić information content (AvgIpc) is 2.91. The molecule has 2 N–H and O–H groups in total. The number of carbonyl (C=O) groups is 1. The van der Waals surface area contributed by atoms with Crippen molar-refractivity contribution < 1.29 is 18.3 Å². The molecule has 0 amide bonds. The van der Waals surface area contributed by atoms with E-state index in [1.54, 1.807) is 6.20 Å². The Morgan fingerprint density at radius 1 is 1.43 bits per heavy atom. The first kappa shape index (κ1) is 15.6. The summed E-state index contributed by atoms with van der Waals surface area (Å²) in [5, 5.41) is 16.2. The van der Waals surface area contributed by atoms with Crippen LogP contribution in [0.4, 0.5) is 0 Å². The maximum absolute atomic E-state index is 12.2. The van der Waals surface area contributed by atoms with Crippen LogP contribution in [0.15, 0.2) is 40.0 Å². The van der Waals surface area contributed by atoms with Crippen LogP contribution in [0.2, 0.25) is 0 Å². The van der Waals surface area contributed by atoms with Crippen LogP contribution in [-0.4, -0.2) is 41.0 Å². The lowest BCUT2D eigenvalue weighted by Crippen LogP contribution is -2.28. The van der Waals surface area contributed by atoms with Crippen molar-refractivity contribution in [3.63, 3.8) is 0 Å². The van der Waals surface area contributed by atoms with Crippen molar-refractivity contribution in [3.05, 3.63) is 40.6 Å². The van der Waals surface area contributed by atoms with E-state index in [2.05, 4.69) is 31.0 Å². The molecule has 1 heterocycles. The summed E-state index contributed by atoms with van der Waals surface area (Å²) >= 11 is 3.11. The molecule has 0 saturated carbocycles. The summed E-state index contributed by atoms with van der Waals surface area (Å²) in [7, 11) is -3.82.